The van der Waals surface area contributed by atoms with Crippen LogP contribution in [-0.2, 0) is 0 Å². The van der Waals surface area contributed by atoms with Crippen LogP contribution in [0.3, 0.4) is 0 Å². The normalized spacial score (nSPS) is 13.2. The molecule has 2 rings (SSSR count). The Kier molecular flexibility index (Phi) is 4.25. The largest absolute Gasteiger partial charge is 0.308 e. The highest BCUT2D eigenvalue weighted by Crippen LogP contribution is 2.33. The van der Waals surface area contributed by atoms with E-state index >= 15 is 0 Å². The third-order valence-corrected chi connectivity index (χ3v) is 4.54. The van der Waals surface area contributed by atoms with Gasteiger partial charge >= 0.3 is 0 Å². The molecule has 0 radical (unpaired) electrons. The van der Waals surface area contributed by atoms with E-state index in [-0.39, 0.29) is 6.04 Å². The van der Waals surface area contributed by atoms with Gasteiger partial charge in [0.1, 0.15) is 0 Å². The van der Waals surface area contributed by atoms with E-state index < -0.39 is 0 Å². The molecule has 0 fully saturated rings. The number of nitrogens with one attached hydrogen (secondary N) is 1. The molecule has 1 N–H and O–H groups in total. The van der Waals surface area contributed by atoms with Crippen molar-refractivity contribution in [3.63, 3.8) is 0 Å². The smallest absolute Gasteiger partial charge is 0.0768 e. The van der Waals surface area contributed by atoms with Gasteiger partial charge in [-0.1, -0.05) is 0 Å². The second-order valence-electron chi connectivity index (χ2n) is 4.65. The van der Waals surface area contributed by atoms with Crippen LogP contribution < -0.4 is 5.32 Å². The second-order valence-corrected chi connectivity index (χ2v) is 6.25. The molecule has 1 unspecified atom stereocenters. The molecule has 5 heteroatoms. The van der Waals surface area contributed by atoms with Crippen molar-refractivity contribution in [2.75, 3.05) is 7.05 Å². The van der Waals surface area contributed by atoms with Gasteiger partial charge in [-0.3, -0.25) is 4.68 Å². The van der Waals surface area contributed by atoms with Crippen LogP contribution in [0.15, 0.2) is 21.4 Å². The van der Waals surface area contributed by atoms with Crippen LogP contribution >= 0.6 is 27.3 Å². The van der Waals surface area contributed by atoms with Crippen molar-refractivity contribution >= 4 is 27.3 Å². The molecule has 0 aliphatic heterocycles. The lowest BCUT2D eigenvalue weighted by Crippen LogP contribution is -2.23. The van der Waals surface area contributed by atoms with Crippen LogP contribution in [0.4, 0.5) is 0 Å². The molecule has 3 nitrogen and oxygen atoms in total. The summed E-state index contributed by atoms with van der Waals surface area (Å²) in [6.45, 7) is 6.45. The van der Waals surface area contributed by atoms with Crippen molar-refractivity contribution in [2.24, 2.45) is 0 Å². The van der Waals surface area contributed by atoms with Crippen molar-refractivity contribution < 1.29 is 0 Å². The number of halogens is 1. The summed E-state index contributed by atoms with van der Waals surface area (Å²) >= 11 is 5.36. The van der Waals surface area contributed by atoms with Gasteiger partial charge in [0.15, 0.2) is 0 Å². The molecule has 0 aliphatic rings. The molecule has 0 saturated heterocycles. The number of thiophene rings is 1. The minimum Gasteiger partial charge on any atom is -0.308 e. The Morgan fingerprint density at radius 3 is 2.61 bits per heavy atom. The summed E-state index contributed by atoms with van der Waals surface area (Å²) in [7, 11) is 1.99. The summed E-state index contributed by atoms with van der Waals surface area (Å²) < 4.78 is 3.13. The molecule has 18 heavy (non-hydrogen) atoms. The fraction of sp³-hybridized carbons (Fsp3) is 0.462. The molecule has 2 heterocycles. The van der Waals surface area contributed by atoms with E-state index in [2.05, 4.69) is 62.6 Å². The maximum absolute atomic E-state index is 4.46. The molecule has 98 valence electrons. The molecule has 1 atom stereocenters. The fourth-order valence-corrected chi connectivity index (χ4v) is 3.52. The van der Waals surface area contributed by atoms with Crippen molar-refractivity contribution in [1.29, 1.82) is 0 Å². The van der Waals surface area contributed by atoms with Crippen LogP contribution in [0.5, 0.6) is 0 Å². The molecule has 0 amide bonds. The zero-order valence-electron chi connectivity index (χ0n) is 11.1. The number of hydrogen-bond donors (Lipinski definition) is 1. The van der Waals surface area contributed by atoms with Gasteiger partial charge in [-0.15, -0.1) is 0 Å². The lowest BCUT2D eigenvalue weighted by Gasteiger charge is -2.21. The highest BCUT2D eigenvalue weighted by Gasteiger charge is 2.23. The number of rotatable bonds is 4. The summed E-state index contributed by atoms with van der Waals surface area (Å²) in [5, 5.41) is 12.2. The van der Waals surface area contributed by atoms with Crippen molar-refractivity contribution in [1.82, 2.24) is 15.1 Å². The number of hydrogen-bond acceptors (Lipinski definition) is 3. The van der Waals surface area contributed by atoms with E-state index in [1.807, 2.05) is 13.2 Å². The molecule has 0 saturated carbocycles. The predicted octanol–water partition coefficient (Wildman–Crippen LogP) is 3.91. The first-order valence-corrected chi connectivity index (χ1v) is 7.72. The molecule has 0 bridgehead atoms. The van der Waals surface area contributed by atoms with Crippen LogP contribution in [0.1, 0.15) is 42.8 Å². The number of nitrogens with zero attached hydrogens (tertiary/aromatic N) is 2. The third-order valence-electron chi connectivity index (χ3n) is 3.04. The van der Waals surface area contributed by atoms with Gasteiger partial charge in [-0.25, -0.2) is 0 Å². The van der Waals surface area contributed by atoms with Gasteiger partial charge in [-0.2, -0.15) is 16.4 Å². The topological polar surface area (TPSA) is 29.9 Å². The Labute approximate surface area is 120 Å². The lowest BCUT2D eigenvalue weighted by molar-refractivity contribution is 0.483. The average molecular weight is 328 g/mol. The first-order chi connectivity index (χ1) is 8.56. The van der Waals surface area contributed by atoms with E-state index in [4.69, 9.17) is 0 Å². The van der Waals surface area contributed by atoms with E-state index in [1.54, 1.807) is 11.3 Å². The maximum Gasteiger partial charge on any atom is 0.0768 e. The third kappa shape index (κ3) is 2.39. The summed E-state index contributed by atoms with van der Waals surface area (Å²) in [5.41, 5.74) is 3.84. The number of aromatic nitrogens is 2. The average Bonchev–Trinajstić information content (AvgIpc) is 2.89. The molecular formula is C13H18BrN3S. The van der Waals surface area contributed by atoms with E-state index in [0.29, 0.717) is 6.04 Å². The van der Waals surface area contributed by atoms with Gasteiger partial charge in [0.25, 0.3) is 0 Å². The molecule has 0 aliphatic carbocycles. The van der Waals surface area contributed by atoms with E-state index in [9.17, 15) is 0 Å². The first kappa shape index (κ1) is 13.8. The van der Waals surface area contributed by atoms with Crippen LogP contribution in [-0.4, -0.2) is 16.8 Å². The molecule has 0 aromatic carbocycles. The van der Waals surface area contributed by atoms with Crippen molar-refractivity contribution in [2.45, 2.75) is 32.9 Å². The fourth-order valence-electron chi connectivity index (χ4n) is 2.14. The van der Waals surface area contributed by atoms with Gasteiger partial charge in [0.05, 0.1) is 22.4 Å². The summed E-state index contributed by atoms with van der Waals surface area (Å²) in [5.74, 6) is 0. The predicted molar refractivity (Wildman–Crippen MR) is 80.3 cm³/mol. The molecular weight excluding hydrogens is 310 g/mol. The van der Waals surface area contributed by atoms with Gasteiger partial charge < -0.3 is 5.32 Å². The van der Waals surface area contributed by atoms with Crippen LogP contribution in [0.2, 0.25) is 0 Å². The lowest BCUT2D eigenvalue weighted by atomic mass is 10.0. The molecule has 2 aromatic rings. The minimum atomic E-state index is 0.176. The Morgan fingerprint density at radius 1 is 1.39 bits per heavy atom. The second kappa shape index (κ2) is 5.55. The monoisotopic (exact) mass is 327 g/mol. The van der Waals surface area contributed by atoms with E-state index in [1.165, 1.54) is 16.8 Å². The first-order valence-electron chi connectivity index (χ1n) is 5.99. The van der Waals surface area contributed by atoms with Crippen LogP contribution in [0.25, 0.3) is 0 Å². The van der Waals surface area contributed by atoms with Gasteiger partial charge in [0, 0.05) is 6.04 Å². The number of aryl methyl sites for hydroxylation is 1. The standard InChI is InChI=1S/C13H18BrN3S/c1-8(2)17-13(11(14)5-16-17)12(15-4)10-7-18-6-9(10)3/h5-8,12,15H,1-4H3. The summed E-state index contributed by atoms with van der Waals surface area (Å²) in [6.07, 6.45) is 1.88. The Balaban J connectivity index is 2.52. The highest BCUT2D eigenvalue weighted by molar-refractivity contribution is 9.10. The van der Waals surface area contributed by atoms with Crippen molar-refractivity contribution in [3.8, 4) is 0 Å². The molecule has 0 spiro atoms. The molecule has 2 aromatic heterocycles. The quantitative estimate of drug-likeness (QED) is 0.922. The Bertz CT molecular complexity index is 530. The van der Waals surface area contributed by atoms with Crippen LogP contribution in [0, 0.1) is 6.92 Å². The Morgan fingerprint density at radius 2 is 2.11 bits per heavy atom. The highest BCUT2D eigenvalue weighted by atomic mass is 79.9. The maximum atomic E-state index is 4.46. The van der Waals surface area contributed by atoms with Gasteiger partial charge in [0.2, 0.25) is 0 Å². The van der Waals surface area contributed by atoms with E-state index in [0.717, 1.165) is 4.47 Å². The summed E-state index contributed by atoms with van der Waals surface area (Å²) in [4.78, 5) is 0. The zero-order valence-corrected chi connectivity index (χ0v) is 13.5. The van der Waals surface area contributed by atoms with Crippen molar-refractivity contribution in [3.05, 3.63) is 38.3 Å². The zero-order chi connectivity index (χ0) is 13.3. The summed E-state index contributed by atoms with van der Waals surface area (Å²) in [6, 6.07) is 0.525. The Hall–Kier alpha value is -0.650. The SMILES string of the molecule is CNC(c1cscc1C)c1c(Br)cnn1C(C)C. The van der Waals surface area contributed by atoms with Gasteiger partial charge in [-0.05, 0) is 65.6 Å². The minimum absolute atomic E-state index is 0.176.